The molecule has 0 aromatic rings. The number of nitrogens with zero attached hydrogens (tertiary/aromatic N) is 1. The van der Waals surface area contributed by atoms with Gasteiger partial charge in [0.15, 0.2) is 0 Å². The van der Waals surface area contributed by atoms with Crippen molar-refractivity contribution in [3.8, 4) is 0 Å². The Bertz CT molecular complexity index is 58.7. The van der Waals surface area contributed by atoms with Crippen molar-refractivity contribution in [2.75, 3.05) is 27.3 Å². The van der Waals surface area contributed by atoms with E-state index in [9.17, 15) is 4.79 Å². The molecule has 8 heavy (non-hydrogen) atoms. The van der Waals surface area contributed by atoms with Gasteiger partial charge in [-0.3, -0.25) is 4.79 Å². The molecule has 1 fully saturated rings. The molecule has 0 aromatic heterocycles. The fraction of sp³-hybridized carbons (Fsp3) is 0.800. The van der Waals surface area contributed by atoms with Crippen LogP contribution in [0.1, 0.15) is 0 Å². The lowest BCUT2D eigenvalue weighted by Crippen LogP contribution is -2.06. The molecule has 0 unspecified atom stereocenters. The lowest BCUT2D eigenvalue weighted by atomic mass is 11.0. The van der Waals surface area contributed by atoms with Crippen molar-refractivity contribution in [1.29, 1.82) is 0 Å². The van der Waals surface area contributed by atoms with Gasteiger partial charge in [0.05, 0.1) is 13.2 Å². The van der Waals surface area contributed by atoms with Crippen LogP contribution in [0.5, 0.6) is 0 Å². The predicted octanol–water partition coefficient (Wildman–Crippen LogP) is -0.279. The third-order valence-corrected chi connectivity index (χ3v) is 0.415. The SMILES string of the molecule is C1CO1.CN(C)C=O. The molecule has 3 nitrogen and oxygen atoms in total. The Labute approximate surface area is 49.2 Å². The van der Waals surface area contributed by atoms with E-state index in [1.807, 2.05) is 0 Å². The lowest BCUT2D eigenvalue weighted by molar-refractivity contribution is -0.115. The summed E-state index contributed by atoms with van der Waals surface area (Å²) in [7, 11) is 3.38. The fourth-order valence-electron chi connectivity index (χ4n) is 0. The highest BCUT2D eigenvalue weighted by molar-refractivity contribution is 5.45. The first-order valence-corrected chi connectivity index (χ1v) is 2.47. The first-order valence-electron chi connectivity index (χ1n) is 2.47. The van der Waals surface area contributed by atoms with Crippen LogP contribution in [0, 0.1) is 0 Å². The average molecular weight is 117 g/mol. The highest BCUT2D eigenvalue weighted by Crippen LogP contribution is 1.84. The van der Waals surface area contributed by atoms with E-state index in [2.05, 4.69) is 4.74 Å². The van der Waals surface area contributed by atoms with Gasteiger partial charge < -0.3 is 9.64 Å². The zero-order valence-corrected chi connectivity index (χ0v) is 5.26. The summed E-state index contributed by atoms with van der Waals surface area (Å²) in [6.45, 7) is 2.00. The monoisotopic (exact) mass is 117 g/mol. The van der Waals surface area contributed by atoms with Gasteiger partial charge in [-0.1, -0.05) is 0 Å². The molecular weight excluding hydrogens is 106 g/mol. The predicted molar refractivity (Wildman–Crippen MR) is 30.6 cm³/mol. The molecule has 0 atom stereocenters. The van der Waals surface area contributed by atoms with E-state index in [1.54, 1.807) is 14.1 Å². The summed E-state index contributed by atoms with van der Waals surface area (Å²) in [4.78, 5) is 10.9. The van der Waals surface area contributed by atoms with Gasteiger partial charge in [0.2, 0.25) is 6.41 Å². The second kappa shape index (κ2) is 4.59. The van der Waals surface area contributed by atoms with E-state index in [1.165, 1.54) is 4.90 Å². The standard InChI is InChI=1S/C3H7NO.C2H4O/c1-4(2)3-5;1-2-3-1/h3H,1-2H3;1-2H2. The lowest BCUT2D eigenvalue weighted by Gasteiger charge is -1.93. The van der Waals surface area contributed by atoms with Gasteiger partial charge in [-0.2, -0.15) is 0 Å². The maximum Gasteiger partial charge on any atom is 0.209 e. The van der Waals surface area contributed by atoms with Crippen LogP contribution in [0.15, 0.2) is 0 Å². The number of epoxide rings is 1. The molecule has 0 spiro atoms. The number of rotatable bonds is 1. The van der Waals surface area contributed by atoms with Crippen LogP contribution in [-0.2, 0) is 9.53 Å². The summed E-state index contributed by atoms with van der Waals surface area (Å²) >= 11 is 0. The first-order chi connectivity index (χ1) is 3.77. The normalized spacial score (nSPS) is 13.2. The van der Waals surface area contributed by atoms with Crippen molar-refractivity contribution in [2.45, 2.75) is 0 Å². The zero-order valence-electron chi connectivity index (χ0n) is 5.26. The van der Waals surface area contributed by atoms with Crippen molar-refractivity contribution in [2.24, 2.45) is 0 Å². The van der Waals surface area contributed by atoms with E-state index in [0.717, 1.165) is 19.6 Å². The van der Waals surface area contributed by atoms with Gasteiger partial charge in [0, 0.05) is 14.1 Å². The van der Waals surface area contributed by atoms with E-state index < -0.39 is 0 Å². The molecule has 1 rings (SSSR count). The minimum atomic E-state index is 0.750. The van der Waals surface area contributed by atoms with E-state index in [0.29, 0.717) is 0 Å². The molecule has 0 aliphatic carbocycles. The molecule has 0 N–H and O–H groups in total. The second-order valence-corrected chi connectivity index (χ2v) is 1.68. The van der Waals surface area contributed by atoms with Gasteiger partial charge in [0.1, 0.15) is 0 Å². The average Bonchev–Trinajstić information content (AvgIpc) is 2.48. The van der Waals surface area contributed by atoms with E-state index in [4.69, 9.17) is 0 Å². The van der Waals surface area contributed by atoms with Crippen LogP contribution >= 0.6 is 0 Å². The van der Waals surface area contributed by atoms with Gasteiger partial charge in [0.25, 0.3) is 0 Å². The molecule has 1 heterocycles. The molecule has 3 heteroatoms. The third-order valence-electron chi connectivity index (χ3n) is 0.415. The molecule has 1 saturated heterocycles. The summed E-state index contributed by atoms with van der Waals surface area (Å²) in [5, 5.41) is 0. The minimum absolute atomic E-state index is 0.750. The zero-order chi connectivity index (χ0) is 6.41. The first kappa shape index (κ1) is 7.43. The number of carbonyl (C=O) groups is 1. The van der Waals surface area contributed by atoms with Crippen LogP contribution < -0.4 is 0 Å². The van der Waals surface area contributed by atoms with Gasteiger partial charge in [-0.15, -0.1) is 0 Å². The van der Waals surface area contributed by atoms with Crippen LogP contribution in [0.3, 0.4) is 0 Å². The minimum Gasteiger partial charge on any atom is -0.377 e. The molecular formula is C5H11NO2. The van der Waals surface area contributed by atoms with Crippen LogP contribution in [0.2, 0.25) is 0 Å². The highest BCUT2D eigenvalue weighted by Gasteiger charge is 1.94. The Balaban J connectivity index is 0.000000135. The molecule has 1 aliphatic rings. The summed E-state index contributed by atoms with van der Waals surface area (Å²) < 4.78 is 4.50. The topological polar surface area (TPSA) is 32.8 Å². The molecule has 1 aliphatic heterocycles. The van der Waals surface area contributed by atoms with Crippen LogP contribution in [-0.4, -0.2) is 38.6 Å². The van der Waals surface area contributed by atoms with E-state index in [-0.39, 0.29) is 0 Å². The molecule has 1 amide bonds. The van der Waals surface area contributed by atoms with Crippen LogP contribution in [0.4, 0.5) is 0 Å². The van der Waals surface area contributed by atoms with Gasteiger partial charge in [-0.25, -0.2) is 0 Å². The smallest absolute Gasteiger partial charge is 0.209 e. The summed E-state index contributed by atoms with van der Waals surface area (Å²) in [5.41, 5.74) is 0. The van der Waals surface area contributed by atoms with Crippen molar-refractivity contribution in [3.05, 3.63) is 0 Å². The number of carbonyl (C=O) groups excluding carboxylic acids is 1. The Hall–Kier alpha value is -0.570. The number of hydrogen-bond donors (Lipinski definition) is 0. The summed E-state index contributed by atoms with van der Waals surface area (Å²) in [6.07, 6.45) is 0.750. The second-order valence-electron chi connectivity index (χ2n) is 1.68. The van der Waals surface area contributed by atoms with Crippen molar-refractivity contribution in [1.82, 2.24) is 4.90 Å². The van der Waals surface area contributed by atoms with E-state index >= 15 is 0 Å². The fourth-order valence-corrected chi connectivity index (χ4v) is 0. The third kappa shape index (κ3) is 18.0. The highest BCUT2D eigenvalue weighted by atomic mass is 16.6. The van der Waals surface area contributed by atoms with Crippen molar-refractivity contribution in [3.63, 3.8) is 0 Å². The maximum atomic E-state index is 9.43. The summed E-state index contributed by atoms with van der Waals surface area (Å²) in [5.74, 6) is 0. The summed E-state index contributed by atoms with van der Waals surface area (Å²) in [6, 6.07) is 0. The maximum absolute atomic E-state index is 9.43. The van der Waals surface area contributed by atoms with Crippen LogP contribution in [0.25, 0.3) is 0 Å². The number of ether oxygens (including phenoxy) is 1. The van der Waals surface area contributed by atoms with Crippen molar-refractivity contribution >= 4 is 6.41 Å². The largest absolute Gasteiger partial charge is 0.377 e. The quantitative estimate of drug-likeness (QED) is 0.349. The Morgan fingerprint density at radius 3 is 1.75 bits per heavy atom. The number of hydrogen-bond acceptors (Lipinski definition) is 2. The molecule has 0 radical (unpaired) electrons. The Kier molecular flexibility index (Phi) is 4.26. The molecule has 48 valence electrons. The van der Waals surface area contributed by atoms with Gasteiger partial charge >= 0.3 is 0 Å². The molecule has 0 bridgehead atoms. The van der Waals surface area contributed by atoms with Crippen molar-refractivity contribution < 1.29 is 9.53 Å². The van der Waals surface area contributed by atoms with Gasteiger partial charge in [-0.05, 0) is 0 Å². The molecule has 0 saturated carbocycles. The molecule has 0 aromatic carbocycles. The number of amides is 1. The Morgan fingerprint density at radius 2 is 1.75 bits per heavy atom. The Morgan fingerprint density at radius 1 is 1.50 bits per heavy atom.